The van der Waals surface area contributed by atoms with Gasteiger partial charge in [0, 0.05) is 17.2 Å². The van der Waals surface area contributed by atoms with Gasteiger partial charge in [0.25, 0.3) is 5.91 Å². The molecular weight excluding hydrogens is 308 g/mol. The Hall–Kier alpha value is -2.41. The van der Waals surface area contributed by atoms with Crippen molar-refractivity contribution in [2.75, 3.05) is 11.9 Å². The van der Waals surface area contributed by atoms with Crippen LogP contribution in [-0.4, -0.2) is 33.9 Å². The molecule has 1 heterocycles. The Balaban J connectivity index is 1.90. The van der Waals surface area contributed by atoms with Gasteiger partial charge in [0.15, 0.2) is 0 Å². The minimum Gasteiger partial charge on any atom is -0.423 e. The minimum atomic E-state index is -0.219. The smallest absolute Gasteiger partial charge is 0.251 e. The number of benzene rings is 1. The van der Waals surface area contributed by atoms with Gasteiger partial charge < -0.3 is 20.2 Å². The third kappa shape index (κ3) is 4.79. The van der Waals surface area contributed by atoms with Gasteiger partial charge >= 0.3 is 0 Å². The van der Waals surface area contributed by atoms with Crippen molar-refractivity contribution in [2.24, 2.45) is 0 Å². The van der Waals surface area contributed by atoms with Crippen molar-refractivity contribution >= 4 is 11.6 Å². The Labute approximate surface area is 141 Å². The van der Waals surface area contributed by atoms with E-state index in [1.807, 2.05) is 32.9 Å². The molecule has 0 bridgehead atoms. The van der Waals surface area contributed by atoms with Crippen LogP contribution in [0.25, 0.3) is 0 Å². The Morgan fingerprint density at radius 1 is 1.25 bits per heavy atom. The van der Waals surface area contributed by atoms with Crippen LogP contribution in [0.4, 0.5) is 5.69 Å². The largest absolute Gasteiger partial charge is 0.423 e. The van der Waals surface area contributed by atoms with Crippen LogP contribution in [0.1, 0.15) is 55.2 Å². The predicted octanol–water partition coefficient (Wildman–Crippen LogP) is 2.31. The number of hydrogen-bond acceptors (Lipinski definition) is 6. The molecule has 2 aromatic rings. The van der Waals surface area contributed by atoms with Crippen molar-refractivity contribution in [2.45, 2.75) is 45.7 Å². The third-order valence-corrected chi connectivity index (χ3v) is 3.62. The summed E-state index contributed by atoms with van der Waals surface area (Å²) in [4.78, 5) is 12.1. The lowest BCUT2D eigenvalue weighted by molar-refractivity contribution is 0.0915. The second-order valence-electron chi connectivity index (χ2n) is 5.88. The second kappa shape index (κ2) is 8.44. The van der Waals surface area contributed by atoms with Gasteiger partial charge in [0.05, 0.1) is 19.2 Å². The topological polar surface area (TPSA) is 100 Å². The van der Waals surface area contributed by atoms with Crippen molar-refractivity contribution in [3.05, 3.63) is 41.6 Å². The zero-order valence-electron chi connectivity index (χ0n) is 14.2. The molecule has 1 aromatic heterocycles. The fourth-order valence-electron chi connectivity index (χ4n) is 2.03. The number of rotatable bonds is 8. The lowest BCUT2D eigenvalue weighted by Gasteiger charge is -2.14. The normalized spacial score (nSPS) is 12.2. The SMILES string of the molecule is CCC(CO)NC(=O)c1ccc(NCc2nnc(C(C)C)o2)cc1. The molecule has 0 aliphatic rings. The maximum Gasteiger partial charge on any atom is 0.251 e. The molecule has 7 nitrogen and oxygen atoms in total. The maximum absolute atomic E-state index is 12.1. The maximum atomic E-state index is 12.1. The molecule has 0 spiro atoms. The number of carbonyl (C=O) groups is 1. The Morgan fingerprint density at radius 2 is 1.96 bits per heavy atom. The monoisotopic (exact) mass is 332 g/mol. The molecule has 130 valence electrons. The van der Waals surface area contributed by atoms with Crippen LogP contribution in [0.3, 0.4) is 0 Å². The summed E-state index contributed by atoms with van der Waals surface area (Å²) in [6.45, 7) is 6.26. The first-order chi connectivity index (χ1) is 11.5. The molecular formula is C17H24N4O3. The van der Waals surface area contributed by atoms with E-state index in [0.29, 0.717) is 30.3 Å². The number of hydrogen-bond donors (Lipinski definition) is 3. The second-order valence-corrected chi connectivity index (χ2v) is 5.88. The van der Waals surface area contributed by atoms with Crippen molar-refractivity contribution < 1.29 is 14.3 Å². The zero-order valence-corrected chi connectivity index (χ0v) is 14.2. The lowest BCUT2D eigenvalue weighted by atomic mass is 10.1. The summed E-state index contributed by atoms with van der Waals surface area (Å²) in [5.41, 5.74) is 1.40. The van der Waals surface area contributed by atoms with Crippen molar-refractivity contribution in [1.82, 2.24) is 15.5 Å². The molecule has 1 atom stereocenters. The van der Waals surface area contributed by atoms with Crippen molar-refractivity contribution in [3.8, 4) is 0 Å². The van der Waals surface area contributed by atoms with Gasteiger partial charge in [0.2, 0.25) is 11.8 Å². The quantitative estimate of drug-likeness (QED) is 0.686. The summed E-state index contributed by atoms with van der Waals surface area (Å²) >= 11 is 0. The highest BCUT2D eigenvalue weighted by molar-refractivity contribution is 5.94. The zero-order chi connectivity index (χ0) is 17.5. The van der Waals surface area contributed by atoms with Gasteiger partial charge in [-0.2, -0.15) is 0 Å². The van der Waals surface area contributed by atoms with E-state index in [9.17, 15) is 4.79 Å². The number of carbonyl (C=O) groups excluding carboxylic acids is 1. The molecule has 0 saturated heterocycles. The molecule has 0 aliphatic carbocycles. The number of aliphatic hydroxyl groups excluding tert-OH is 1. The Morgan fingerprint density at radius 3 is 2.50 bits per heavy atom. The van der Waals surface area contributed by atoms with Gasteiger partial charge in [0.1, 0.15) is 0 Å². The Kier molecular flexibility index (Phi) is 6.31. The van der Waals surface area contributed by atoms with Crippen LogP contribution in [0.15, 0.2) is 28.7 Å². The highest BCUT2D eigenvalue weighted by atomic mass is 16.4. The van der Waals surface area contributed by atoms with Gasteiger partial charge in [-0.25, -0.2) is 0 Å². The van der Waals surface area contributed by atoms with Gasteiger partial charge in [-0.1, -0.05) is 20.8 Å². The van der Waals surface area contributed by atoms with E-state index in [1.54, 1.807) is 12.1 Å². The fourth-order valence-corrected chi connectivity index (χ4v) is 2.03. The predicted molar refractivity (Wildman–Crippen MR) is 90.8 cm³/mol. The highest BCUT2D eigenvalue weighted by Crippen LogP contribution is 2.14. The summed E-state index contributed by atoms with van der Waals surface area (Å²) < 4.78 is 5.52. The molecule has 0 fully saturated rings. The number of anilines is 1. The van der Waals surface area contributed by atoms with Crippen LogP contribution in [0.5, 0.6) is 0 Å². The Bertz CT molecular complexity index is 648. The molecule has 2 rings (SSSR count). The number of aromatic nitrogens is 2. The number of nitrogens with one attached hydrogen (secondary N) is 2. The lowest BCUT2D eigenvalue weighted by Crippen LogP contribution is -2.36. The number of amides is 1. The van der Waals surface area contributed by atoms with Gasteiger partial charge in [-0.05, 0) is 30.7 Å². The average Bonchev–Trinajstić information content (AvgIpc) is 3.07. The van der Waals surface area contributed by atoms with Gasteiger partial charge in [-0.3, -0.25) is 4.79 Å². The van der Waals surface area contributed by atoms with Crippen LogP contribution < -0.4 is 10.6 Å². The summed E-state index contributed by atoms with van der Waals surface area (Å²) in [6, 6.07) is 6.87. The summed E-state index contributed by atoms with van der Waals surface area (Å²) in [5, 5.41) is 23.1. The van der Waals surface area contributed by atoms with Crippen LogP contribution in [0.2, 0.25) is 0 Å². The summed E-state index contributed by atoms with van der Waals surface area (Å²) in [6.07, 6.45) is 0.685. The van der Waals surface area contributed by atoms with E-state index in [-0.39, 0.29) is 24.5 Å². The van der Waals surface area contributed by atoms with E-state index in [4.69, 9.17) is 9.52 Å². The molecule has 7 heteroatoms. The third-order valence-electron chi connectivity index (χ3n) is 3.62. The molecule has 1 amide bonds. The molecule has 0 aliphatic heterocycles. The molecule has 1 unspecified atom stereocenters. The van der Waals surface area contributed by atoms with E-state index < -0.39 is 0 Å². The van der Waals surface area contributed by atoms with Gasteiger partial charge in [-0.15, -0.1) is 10.2 Å². The van der Waals surface area contributed by atoms with Crippen LogP contribution >= 0.6 is 0 Å². The standard InChI is InChI=1S/C17H24N4O3/c1-4-13(10-22)19-16(23)12-5-7-14(8-6-12)18-9-15-20-21-17(24-15)11(2)3/h5-8,11,13,18,22H,4,9-10H2,1-3H3,(H,19,23). The minimum absolute atomic E-state index is 0.0651. The first-order valence-electron chi connectivity index (χ1n) is 8.11. The molecule has 1 aromatic carbocycles. The fraction of sp³-hybridized carbons (Fsp3) is 0.471. The molecule has 3 N–H and O–H groups in total. The van der Waals surface area contributed by atoms with E-state index in [2.05, 4.69) is 20.8 Å². The van der Waals surface area contributed by atoms with Crippen LogP contribution in [-0.2, 0) is 6.54 Å². The summed E-state index contributed by atoms with van der Waals surface area (Å²) in [5.74, 6) is 1.15. The number of aliphatic hydroxyl groups is 1. The highest BCUT2D eigenvalue weighted by Gasteiger charge is 2.12. The molecule has 0 saturated carbocycles. The first kappa shape index (κ1) is 17.9. The summed E-state index contributed by atoms with van der Waals surface area (Å²) in [7, 11) is 0. The molecule has 24 heavy (non-hydrogen) atoms. The van der Waals surface area contributed by atoms with Crippen molar-refractivity contribution in [1.29, 1.82) is 0 Å². The van der Waals surface area contributed by atoms with E-state index in [0.717, 1.165) is 5.69 Å². The number of nitrogens with zero attached hydrogens (tertiary/aromatic N) is 2. The average molecular weight is 332 g/mol. The molecule has 0 radical (unpaired) electrons. The first-order valence-corrected chi connectivity index (χ1v) is 8.11. The van der Waals surface area contributed by atoms with Crippen molar-refractivity contribution in [3.63, 3.8) is 0 Å². The van der Waals surface area contributed by atoms with E-state index in [1.165, 1.54) is 0 Å². The van der Waals surface area contributed by atoms with E-state index >= 15 is 0 Å². The van der Waals surface area contributed by atoms with Crippen LogP contribution in [0, 0.1) is 0 Å².